The second kappa shape index (κ2) is 4.78. The Hall–Kier alpha value is -1.27. The first-order valence-corrected chi connectivity index (χ1v) is 6.21. The van der Waals surface area contributed by atoms with Crippen molar-refractivity contribution in [2.45, 2.75) is 0 Å². The number of hydrogen-bond acceptors (Lipinski definition) is 3. The summed E-state index contributed by atoms with van der Waals surface area (Å²) in [7, 11) is 3.73. The van der Waals surface area contributed by atoms with Crippen LogP contribution in [0.4, 0.5) is 10.1 Å². The molecule has 0 N–H and O–H groups in total. The molecule has 1 aromatic rings. The zero-order valence-corrected chi connectivity index (χ0v) is 11.6. The lowest BCUT2D eigenvalue weighted by molar-refractivity contribution is -0.114. The average molecular weight is 315 g/mol. The number of likely N-dealkylation sites (N-methyl/N-ethyl adjacent to an activating group) is 1. The van der Waals surface area contributed by atoms with E-state index in [-0.39, 0.29) is 10.0 Å². The Morgan fingerprint density at radius 1 is 1.33 bits per heavy atom. The first kappa shape index (κ1) is 13.2. The molecule has 1 aliphatic rings. The van der Waals surface area contributed by atoms with E-state index in [0.717, 1.165) is 0 Å². The molecule has 18 heavy (non-hydrogen) atoms. The molecule has 96 valence electrons. The van der Waals surface area contributed by atoms with E-state index in [1.165, 1.54) is 17.0 Å². The number of carbonyl (C=O) groups is 2. The first-order chi connectivity index (χ1) is 8.41. The van der Waals surface area contributed by atoms with Crippen LogP contribution in [-0.4, -0.2) is 43.8 Å². The number of benzene rings is 1. The van der Waals surface area contributed by atoms with Crippen LogP contribution < -0.4 is 4.90 Å². The zero-order valence-electron chi connectivity index (χ0n) is 10.0. The van der Waals surface area contributed by atoms with Crippen LogP contribution in [0.15, 0.2) is 16.6 Å². The fourth-order valence-corrected chi connectivity index (χ4v) is 2.15. The molecule has 4 nitrogen and oxygen atoms in total. The van der Waals surface area contributed by atoms with Crippen molar-refractivity contribution in [3.8, 4) is 0 Å². The molecular weight excluding hydrogens is 303 g/mol. The summed E-state index contributed by atoms with van der Waals surface area (Å²) >= 11 is 3.01. The minimum Gasteiger partial charge on any atom is -0.308 e. The van der Waals surface area contributed by atoms with Gasteiger partial charge < -0.3 is 9.80 Å². The number of halogens is 2. The van der Waals surface area contributed by atoms with E-state index in [9.17, 15) is 14.0 Å². The quantitative estimate of drug-likeness (QED) is 0.797. The van der Waals surface area contributed by atoms with Crippen LogP contribution in [0, 0.1) is 5.82 Å². The van der Waals surface area contributed by atoms with Crippen molar-refractivity contribution >= 4 is 33.3 Å². The minimum atomic E-state index is -0.593. The lowest BCUT2D eigenvalue weighted by Gasteiger charge is -2.19. The van der Waals surface area contributed by atoms with Crippen molar-refractivity contribution < 1.29 is 14.0 Å². The topological polar surface area (TPSA) is 40.6 Å². The van der Waals surface area contributed by atoms with Crippen molar-refractivity contribution in [1.82, 2.24) is 4.90 Å². The molecule has 1 amide bonds. The van der Waals surface area contributed by atoms with Gasteiger partial charge in [0.25, 0.3) is 11.7 Å². The van der Waals surface area contributed by atoms with Crippen LogP contribution in [0.5, 0.6) is 0 Å². The maximum atomic E-state index is 13.5. The summed E-state index contributed by atoms with van der Waals surface area (Å²) in [6.07, 6.45) is 0. The fourth-order valence-electron chi connectivity index (χ4n) is 1.81. The number of amides is 1. The highest BCUT2D eigenvalue weighted by atomic mass is 79.9. The van der Waals surface area contributed by atoms with Gasteiger partial charge in [-0.3, -0.25) is 9.59 Å². The van der Waals surface area contributed by atoms with Gasteiger partial charge in [0.2, 0.25) is 0 Å². The maximum Gasteiger partial charge on any atom is 0.299 e. The predicted octanol–water partition coefficient (Wildman–Crippen LogP) is 1.68. The molecule has 6 heteroatoms. The number of Topliss-reactive ketones (excluding diaryl/α,β-unsaturated/α-hetero) is 1. The number of rotatable bonds is 3. The van der Waals surface area contributed by atoms with E-state index in [2.05, 4.69) is 15.9 Å². The van der Waals surface area contributed by atoms with E-state index in [1.54, 1.807) is 0 Å². The van der Waals surface area contributed by atoms with Gasteiger partial charge in [-0.15, -0.1) is 0 Å². The Morgan fingerprint density at radius 2 is 2.00 bits per heavy atom. The van der Waals surface area contributed by atoms with Crippen LogP contribution in [0.1, 0.15) is 10.4 Å². The number of ketones is 1. The van der Waals surface area contributed by atoms with E-state index < -0.39 is 17.5 Å². The third kappa shape index (κ3) is 2.18. The monoisotopic (exact) mass is 314 g/mol. The highest BCUT2D eigenvalue weighted by molar-refractivity contribution is 9.10. The summed E-state index contributed by atoms with van der Waals surface area (Å²) < 4.78 is 13.7. The molecule has 0 spiro atoms. The second-order valence-corrected chi connectivity index (χ2v) is 5.23. The number of hydrogen-bond donors (Lipinski definition) is 0. The Morgan fingerprint density at radius 3 is 2.61 bits per heavy atom. The van der Waals surface area contributed by atoms with Crippen LogP contribution in [-0.2, 0) is 4.79 Å². The van der Waals surface area contributed by atoms with E-state index in [4.69, 9.17) is 0 Å². The third-order valence-electron chi connectivity index (χ3n) is 2.78. The zero-order chi connectivity index (χ0) is 13.4. The SMILES string of the molecule is CN(C)CCN1C(=O)C(=O)c2cc(Br)c(F)cc21. The number of nitrogens with zero attached hydrogens (tertiary/aromatic N) is 2. The lowest BCUT2D eigenvalue weighted by Crippen LogP contribution is -2.35. The number of fused-ring (bicyclic) bond motifs is 1. The molecule has 0 saturated heterocycles. The molecule has 0 bridgehead atoms. The van der Waals surface area contributed by atoms with Crippen LogP contribution in [0.3, 0.4) is 0 Å². The van der Waals surface area contributed by atoms with Crippen LogP contribution in [0.25, 0.3) is 0 Å². The van der Waals surface area contributed by atoms with Crippen molar-refractivity contribution in [3.63, 3.8) is 0 Å². The van der Waals surface area contributed by atoms with Crippen LogP contribution >= 0.6 is 15.9 Å². The smallest absolute Gasteiger partial charge is 0.299 e. The summed E-state index contributed by atoms with van der Waals surface area (Å²) in [5, 5.41) is 0. The van der Waals surface area contributed by atoms with E-state index in [1.807, 2.05) is 19.0 Å². The van der Waals surface area contributed by atoms with Crippen molar-refractivity contribution in [2.24, 2.45) is 0 Å². The van der Waals surface area contributed by atoms with Gasteiger partial charge in [-0.05, 0) is 42.2 Å². The molecule has 1 heterocycles. The largest absolute Gasteiger partial charge is 0.308 e. The predicted molar refractivity (Wildman–Crippen MR) is 69.3 cm³/mol. The van der Waals surface area contributed by atoms with E-state index in [0.29, 0.717) is 18.8 Å². The Kier molecular flexibility index (Phi) is 3.49. The van der Waals surface area contributed by atoms with Gasteiger partial charge in [0.05, 0.1) is 15.7 Å². The van der Waals surface area contributed by atoms with Gasteiger partial charge in [-0.25, -0.2) is 4.39 Å². The Labute approximate surface area is 112 Å². The summed E-state index contributed by atoms with van der Waals surface area (Å²) in [6.45, 7) is 0.974. The van der Waals surface area contributed by atoms with Gasteiger partial charge >= 0.3 is 0 Å². The van der Waals surface area contributed by atoms with E-state index >= 15 is 0 Å². The lowest BCUT2D eigenvalue weighted by atomic mass is 10.1. The summed E-state index contributed by atoms with van der Waals surface area (Å²) in [5.41, 5.74) is 0.611. The van der Waals surface area contributed by atoms with Gasteiger partial charge in [0.1, 0.15) is 5.82 Å². The molecule has 0 unspecified atom stereocenters. The highest BCUT2D eigenvalue weighted by Crippen LogP contribution is 2.32. The fraction of sp³-hybridized carbons (Fsp3) is 0.333. The van der Waals surface area contributed by atoms with Gasteiger partial charge in [-0.1, -0.05) is 0 Å². The van der Waals surface area contributed by atoms with Gasteiger partial charge in [-0.2, -0.15) is 0 Å². The molecule has 0 radical (unpaired) electrons. The normalized spacial score (nSPS) is 14.6. The van der Waals surface area contributed by atoms with Crippen molar-refractivity contribution in [2.75, 3.05) is 32.1 Å². The molecule has 2 rings (SSSR count). The van der Waals surface area contributed by atoms with Crippen molar-refractivity contribution in [1.29, 1.82) is 0 Å². The molecule has 1 aliphatic heterocycles. The third-order valence-corrected chi connectivity index (χ3v) is 3.39. The molecular formula is C12H12BrFN2O2. The Balaban J connectivity index is 2.38. The van der Waals surface area contributed by atoms with Crippen molar-refractivity contribution in [3.05, 3.63) is 28.0 Å². The average Bonchev–Trinajstić information content (AvgIpc) is 2.51. The molecule has 0 atom stereocenters. The summed E-state index contributed by atoms with van der Waals surface area (Å²) in [6, 6.07) is 2.58. The molecule has 0 aromatic heterocycles. The summed E-state index contributed by atoms with van der Waals surface area (Å²) in [5.74, 6) is -1.65. The molecule has 0 saturated carbocycles. The van der Waals surface area contributed by atoms with Gasteiger partial charge in [0.15, 0.2) is 0 Å². The van der Waals surface area contributed by atoms with Gasteiger partial charge in [0, 0.05) is 13.1 Å². The standard InChI is InChI=1S/C12H12BrFN2O2/c1-15(2)3-4-16-10-6-9(14)8(13)5-7(10)11(17)12(16)18/h5-6H,3-4H2,1-2H3. The number of carbonyl (C=O) groups excluding carboxylic acids is 2. The molecule has 0 fully saturated rings. The molecule has 0 aliphatic carbocycles. The Bertz CT molecular complexity index is 531. The maximum absolute atomic E-state index is 13.5. The summed E-state index contributed by atoms with van der Waals surface area (Å²) in [4.78, 5) is 26.8. The first-order valence-electron chi connectivity index (χ1n) is 5.42. The van der Waals surface area contributed by atoms with Crippen LogP contribution in [0.2, 0.25) is 0 Å². The highest BCUT2D eigenvalue weighted by Gasteiger charge is 2.36. The second-order valence-electron chi connectivity index (χ2n) is 4.37. The number of anilines is 1. The minimum absolute atomic E-state index is 0.192. The molecule has 1 aromatic carbocycles.